The zero-order chi connectivity index (χ0) is 18.1. The van der Waals surface area contributed by atoms with Crippen LogP contribution in [0.4, 0.5) is 0 Å². The summed E-state index contributed by atoms with van der Waals surface area (Å²) in [6.45, 7) is 1.56. The quantitative estimate of drug-likeness (QED) is 0.843. The minimum Gasteiger partial charge on any atom is -0.354 e. The zero-order valence-electron chi connectivity index (χ0n) is 14.3. The maximum absolute atomic E-state index is 12.8. The molecule has 0 spiro atoms. The van der Waals surface area contributed by atoms with Gasteiger partial charge in [0.15, 0.2) is 0 Å². The van der Waals surface area contributed by atoms with Gasteiger partial charge in [-0.15, -0.1) is 0 Å². The second-order valence-electron chi connectivity index (χ2n) is 6.71. The summed E-state index contributed by atoms with van der Waals surface area (Å²) in [4.78, 5) is 14.2. The van der Waals surface area contributed by atoms with Crippen molar-refractivity contribution in [1.29, 1.82) is 0 Å². The summed E-state index contributed by atoms with van der Waals surface area (Å²) < 4.78 is 28.5. The largest absolute Gasteiger partial charge is 0.354 e. The molecule has 2 aromatic rings. The van der Waals surface area contributed by atoms with Crippen molar-refractivity contribution in [2.24, 2.45) is 0 Å². The summed E-state index contributed by atoms with van der Waals surface area (Å²) >= 11 is 0. The second-order valence-corrected chi connectivity index (χ2v) is 8.42. The number of amides is 1. The number of nitrogens with zero attached hydrogens (tertiary/aromatic N) is 1. The van der Waals surface area contributed by atoms with Crippen LogP contribution in [0.2, 0.25) is 0 Å². The number of hydrogen-bond acceptors (Lipinski definition) is 4. The Bertz CT molecular complexity index is 915. The monoisotopic (exact) mass is 371 g/mol. The van der Waals surface area contributed by atoms with E-state index < -0.39 is 10.0 Å². The molecule has 136 valence electrons. The van der Waals surface area contributed by atoms with Crippen LogP contribution >= 0.6 is 0 Å². The van der Waals surface area contributed by atoms with Crippen molar-refractivity contribution in [2.45, 2.75) is 23.4 Å². The molecule has 6 nitrogen and oxygen atoms in total. The summed E-state index contributed by atoms with van der Waals surface area (Å²) in [5, 5.41) is 2.83. The number of fused-ring (bicyclic) bond motifs is 1. The number of sulfonamides is 1. The van der Waals surface area contributed by atoms with Gasteiger partial charge in [-0.25, -0.2) is 13.1 Å². The average molecular weight is 371 g/mol. The minimum atomic E-state index is -3.62. The smallest absolute Gasteiger partial charge is 0.240 e. The molecular weight excluding hydrogens is 350 g/mol. The Morgan fingerprint density at radius 2 is 1.77 bits per heavy atom. The molecule has 1 amide bonds. The summed E-state index contributed by atoms with van der Waals surface area (Å²) in [5.41, 5.74) is 2.23. The van der Waals surface area contributed by atoms with Gasteiger partial charge in [0, 0.05) is 19.1 Å². The van der Waals surface area contributed by atoms with E-state index in [1.54, 1.807) is 30.3 Å². The third kappa shape index (κ3) is 3.25. The van der Waals surface area contributed by atoms with Crippen molar-refractivity contribution in [3.63, 3.8) is 0 Å². The lowest BCUT2D eigenvalue weighted by atomic mass is 10.0. The SMILES string of the molecule is O=C1CN([C@H]2c3ccccc3C[C@@H]2NS(=O)(=O)c2ccccc2)CCN1. The van der Waals surface area contributed by atoms with Gasteiger partial charge in [-0.1, -0.05) is 42.5 Å². The summed E-state index contributed by atoms with van der Waals surface area (Å²) in [5.74, 6) is -0.0229. The Balaban J connectivity index is 1.65. The first-order valence-corrected chi connectivity index (χ1v) is 10.2. The number of carbonyl (C=O) groups excluding carboxylic acids is 1. The number of nitrogens with one attached hydrogen (secondary N) is 2. The van der Waals surface area contributed by atoms with E-state index in [4.69, 9.17) is 0 Å². The molecule has 0 radical (unpaired) electrons. The topological polar surface area (TPSA) is 78.5 Å². The van der Waals surface area contributed by atoms with Crippen molar-refractivity contribution < 1.29 is 13.2 Å². The first-order chi connectivity index (χ1) is 12.5. The molecule has 2 aliphatic rings. The summed E-state index contributed by atoms with van der Waals surface area (Å²) in [6.07, 6.45) is 0.616. The fourth-order valence-corrected chi connectivity index (χ4v) is 5.16. The third-order valence-corrected chi connectivity index (χ3v) is 6.52. The highest BCUT2D eigenvalue weighted by atomic mass is 32.2. The van der Waals surface area contributed by atoms with Gasteiger partial charge in [0.05, 0.1) is 17.5 Å². The van der Waals surface area contributed by atoms with Gasteiger partial charge in [0.2, 0.25) is 15.9 Å². The van der Waals surface area contributed by atoms with Crippen LogP contribution in [0, 0.1) is 0 Å². The number of benzene rings is 2. The lowest BCUT2D eigenvalue weighted by molar-refractivity contribution is -0.125. The van der Waals surface area contributed by atoms with Gasteiger partial charge in [0.25, 0.3) is 0 Å². The van der Waals surface area contributed by atoms with E-state index in [9.17, 15) is 13.2 Å². The van der Waals surface area contributed by atoms with Crippen molar-refractivity contribution >= 4 is 15.9 Å². The number of hydrogen-bond donors (Lipinski definition) is 2. The highest BCUT2D eigenvalue weighted by Gasteiger charge is 2.40. The molecule has 2 N–H and O–H groups in total. The van der Waals surface area contributed by atoms with Gasteiger partial charge < -0.3 is 5.32 Å². The first-order valence-electron chi connectivity index (χ1n) is 8.70. The molecule has 7 heteroatoms. The predicted octanol–water partition coefficient (Wildman–Crippen LogP) is 1.06. The second kappa shape index (κ2) is 6.83. The van der Waals surface area contributed by atoms with Crippen LogP contribution in [0.5, 0.6) is 0 Å². The minimum absolute atomic E-state index is 0.0229. The molecule has 1 fully saturated rings. The molecule has 0 unspecified atom stereocenters. The van der Waals surface area contributed by atoms with Crippen LogP contribution in [0.25, 0.3) is 0 Å². The van der Waals surface area contributed by atoms with Crippen molar-refractivity contribution in [1.82, 2.24) is 14.9 Å². The molecule has 26 heavy (non-hydrogen) atoms. The maximum Gasteiger partial charge on any atom is 0.240 e. The van der Waals surface area contributed by atoms with E-state index in [2.05, 4.69) is 14.9 Å². The van der Waals surface area contributed by atoms with Crippen LogP contribution < -0.4 is 10.0 Å². The fraction of sp³-hybridized carbons (Fsp3) is 0.316. The average Bonchev–Trinajstić information content (AvgIpc) is 2.99. The normalized spacial score (nSPS) is 23.5. The van der Waals surface area contributed by atoms with Gasteiger partial charge in [-0.2, -0.15) is 0 Å². The molecule has 1 saturated heterocycles. The Kier molecular flexibility index (Phi) is 4.52. The van der Waals surface area contributed by atoms with E-state index >= 15 is 0 Å². The van der Waals surface area contributed by atoms with Gasteiger partial charge in [-0.3, -0.25) is 9.69 Å². The number of piperazine rings is 1. The Morgan fingerprint density at radius 1 is 1.04 bits per heavy atom. The van der Waals surface area contributed by atoms with Gasteiger partial charge in [-0.05, 0) is 29.7 Å². The summed E-state index contributed by atoms with van der Waals surface area (Å²) in [6, 6.07) is 15.9. The van der Waals surface area contributed by atoms with E-state index in [1.165, 1.54) is 0 Å². The Hall–Kier alpha value is -2.22. The molecular formula is C19H21N3O3S. The van der Waals surface area contributed by atoms with Crippen LogP contribution in [0.15, 0.2) is 59.5 Å². The van der Waals surface area contributed by atoms with Gasteiger partial charge >= 0.3 is 0 Å². The highest BCUT2D eigenvalue weighted by Crippen LogP contribution is 2.36. The van der Waals surface area contributed by atoms with E-state index in [1.807, 2.05) is 24.3 Å². The van der Waals surface area contributed by atoms with E-state index in [0.717, 1.165) is 11.1 Å². The Morgan fingerprint density at radius 3 is 2.54 bits per heavy atom. The summed E-state index contributed by atoms with van der Waals surface area (Å²) in [7, 11) is -3.62. The molecule has 0 bridgehead atoms. The van der Waals surface area contributed by atoms with E-state index in [0.29, 0.717) is 19.5 Å². The maximum atomic E-state index is 12.8. The zero-order valence-corrected chi connectivity index (χ0v) is 15.1. The number of rotatable bonds is 4. The van der Waals surface area contributed by atoms with Crippen LogP contribution in [-0.4, -0.2) is 44.9 Å². The lowest BCUT2D eigenvalue weighted by Gasteiger charge is -2.36. The van der Waals surface area contributed by atoms with Crippen LogP contribution in [0.1, 0.15) is 17.2 Å². The predicted molar refractivity (Wildman–Crippen MR) is 98.0 cm³/mol. The molecule has 4 rings (SSSR count). The highest BCUT2D eigenvalue weighted by molar-refractivity contribution is 7.89. The Labute approximate surface area is 153 Å². The van der Waals surface area contributed by atoms with Crippen molar-refractivity contribution in [2.75, 3.05) is 19.6 Å². The standard InChI is InChI=1S/C19H21N3O3S/c23-18-13-22(11-10-20-18)19-16-9-5-4-6-14(16)12-17(19)21-26(24,25)15-7-2-1-3-8-15/h1-9,17,19,21H,10-13H2,(H,20,23)/t17-,19-/m0/s1. The molecule has 0 saturated carbocycles. The molecule has 1 heterocycles. The molecule has 2 aromatic carbocycles. The third-order valence-electron chi connectivity index (χ3n) is 5.02. The molecule has 2 atom stereocenters. The van der Waals surface area contributed by atoms with Crippen LogP contribution in [-0.2, 0) is 21.2 Å². The molecule has 1 aliphatic heterocycles. The number of carbonyl (C=O) groups is 1. The van der Waals surface area contributed by atoms with Gasteiger partial charge in [0.1, 0.15) is 0 Å². The molecule has 0 aromatic heterocycles. The van der Waals surface area contributed by atoms with Crippen molar-refractivity contribution in [3.8, 4) is 0 Å². The van der Waals surface area contributed by atoms with Crippen LogP contribution in [0.3, 0.4) is 0 Å². The van der Waals surface area contributed by atoms with Crippen molar-refractivity contribution in [3.05, 3.63) is 65.7 Å². The molecule has 1 aliphatic carbocycles. The fourth-order valence-electron chi connectivity index (χ4n) is 3.89. The lowest BCUT2D eigenvalue weighted by Crippen LogP contribution is -2.53. The van der Waals surface area contributed by atoms with E-state index in [-0.39, 0.29) is 29.4 Å². The first kappa shape index (κ1) is 17.2.